The number of fused-ring (bicyclic) bond motifs is 1. The van der Waals surface area contributed by atoms with Crippen LogP contribution >= 0.6 is 11.6 Å². The number of hydrogen-bond acceptors (Lipinski definition) is 1. The van der Waals surface area contributed by atoms with E-state index in [1.54, 1.807) is 0 Å². The number of benzene rings is 1. The largest absolute Gasteiger partial charge is 0.328 e. The van der Waals surface area contributed by atoms with Crippen LogP contribution in [0.15, 0.2) is 18.2 Å². The van der Waals surface area contributed by atoms with Crippen LogP contribution in [0.2, 0.25) is 0 Å². The van der Waals surface area contributed by atoms with Gasteiger partial charge in [0.05, 0.1) is 11.0 Å². The molecule has 104 valence electrons. The molecule has 0 aliphatic carbocycles. The van der Waals surface area contributed by atoms with Gasteiger partial charge >= 0.3 is 0 Å². The summed E-state index contributed by atoms with van der Waals surface area (Å²) in [4.78, 5) is 4.78. The van der Waals surface area contributed by atoms with E-state index >= 15 is 0 Å². The highest BCUT2D eigenvalue weighted by molar-refractivity contribution is 6.17. The minimum absolute atomic E-state index is 0.636. The number of unbranched alkanes of at least 4 members (excludes halogenated alkanes) is 3. The smallest absolute Gasteiger partial charge is 0.111 e. The maximum atomic E-state index is 5.91. The summed E-state index contributed by atoms with van der Waals surface area (Å²) in [5, 5.41) is 0. The molecule has 0 fully saturated rings. The number of imidazole rings is 1. The van der Waals surface area contributed by atoms with E-state index in [4.69, 9.17) is 16.6 Å². The zero-order chi connectivity index (χ0) is 13.7. The minimum atomic E-state index is 0.636. The number of rotatable bonds is 7. The lowest BCUT2D eigenvalue weighted by Crippen LogP contribution is -2.05. The van der Waals surface area contributed by atoms with Crippen molar-refractivity contribution >= 4 is 22.6 Å². The van der Waals surface area contributed by atoms with Crippen LogP contribution in [0.1, 0.15) is 44.0 Å². The Bertz CT molecular complexity index is 531. The quantitative estimate of drug-likeness (QED) is 0.530. The molecule has 1 heterocycles. The van der Waals surface area contributed by atoms with E-state index in [9.17, 15) is 0 Å². The predicted molar refractivity (Wildman–Crippen MR) is 83.0 cm³/mol. The summed E-state index contributed by atoms with van der Waals surface area (Å²) >= 11 is 5.91. The molecule has 0 saturated heterocycles. The summed E-state index contributed by atoms with van der Waals surface area (Å²) in [6.07, 6.45) is 5.96. The summed E-state index contributed by atoms with van der Waals surface area (Å²) < 4.78 is 2.36. The van der Waals surface area contributed by atoms with Crippen molar-refractivity contribution in [2.24, 2.45) is 0 Å². The maximum Gasteiger partial charge on any atom is 0.111 e. The molecule has 0 aliphatic rings. The van der Waals surface area contributed by atoms with E-state index in [2.05, 4.69) is 36.6 Å². The lowest BCUT2D eigenvalue weighted by Gasteiger charge is -2.08. The van der Waals surface area contributed by atoms with Crippen LogP contribution in [-0.2, 0) is 13.0 Å². The summed E-state index contributed by atoms with van der Waals surface area (Å²) in [6, 6.07) is 6.42. The first-order valence-electron chi connectivity index (χ1n) is 7.28. The standard InChI is InChI=1S/C16H23ClN2/c1-3-4-5-6-12-19-14-9-7-8-13(2)16(14)18-15(19)10-11-17/h7-9H,3-6,10-12H2,1-2H3. The Labute approximate surface area is 120 Å². The molecule has 0 aliphatic heterocycles. The molecular weight excluding hydrogens is 256 g/mol. The normalized spacial score (nSPS) is 11.3. The molecular formula is C16H23ClN2. The minimum Gasteiger partial charge on any atom is -0.328 e. The number of aromatic nitrogens is 2. The number of aryl methyl sites for hydroxylation is 3. The molecule has 0 N–H and O–H groups in total. The lowest BCUT2D eigenvalue weighted by atomic mass is 10.2. The van der Waals surface area contributed by atoms with E-state index in [0.717, 1.165) is 24.3 Å². The van der Waals surface area contributed by atoms with Gasteiger partial charge in [-0.3, -0.25) is 0 Å². The molecule has 0 bridgehead atoms. The zero-order valence-corrected chi connectivity index (χ0v) is 12.7. The fourth-order valence-corrected chi connectivity index (χ4v) is 2.73. The number of halogens is 1. The highest BCUT2D eigenvalue weighted by Gasteiger charge is 2.11. The Hall–Kier alpha value is -1.02. The van der Waals surface area contributed by atoms with E-state index in [1.165, 1.54) is 36.8 Å². The molecule has 0 amide bonds. The fourth-order valence-electron chi connectivity index (χ4n) is 2.56. The van der Waals surface area contributed by atoms with Crippen LogP contribution in [0, 0.1) is 6.92 Å². The van der Waals surface area contributed by atoms with E-state index < -0.39 is 0 Å². The van der Waals surface area contributed by atoms with Gasteiger partial charge in [-0.15, -0.1) is 11.6 Å². The summed E-state index contributed by atoms with van der Waals surface area (Å²) in [6.45, 7) is 5.43. The third-order valence-corrected chi connectivity index (χ3v) is 3.80. The second kappa shape index (κ2) is 6.95. The molecule has 19 heavy (non-hydrogen) atoms. The number of alkyl halides is 1. The lowest BCUT2D eigenvalue weighted by molar-refractivity contribution is 0.576. The Balaban J connectivity index is 2.27. The van der Waals surface area contributed by atoms with Gasteiger partial charge in [0.25, 0.3) is 0 Å². The van der Waals surface area contributed by atoms with Crippen molar-refractivity contribution in [3.8, 4) is 0 Å². The summed E-state index contributed by atoms with van der Waals surface area (Å²) in [5.41, 5.74) is 3.65. The molecule has 2 rings (SSSR count). The first-order valence-corrected chi connectivity index (χ1v) is 7.82. The van der Waals surface area contributed by atoms with Crippen LogP contribution in [0.4, 0.5) is 0 Å². The third-order valence-electron chi connectivity index (χ3n) is 3.61. The summed E-state index contributed by atoms with van der Waals surface area (Å²) in [7, 11) is 0. The second-order valence-corrected chi connectivity index (χ2v) is 5.50. The average Bonchev–Trinajstić information content (AvgIpc) is 2.75. The number of hydrogen-bond donors (Lipinski definition) is 0. The van der Waals surface area contributed by atoms with Crippen molar-refractivity contribution in [1.82, 2.24) is 9.55 Å². The molecule has 0 spiro atoms. The van der Waals surface area contributed by atoms with Gasteiger partial charge in [0, 0.05) is 18.8 Å². The van der Waals surface area contributed by atoms with Crippen molar-refractivity contribution < 1.29 is 0 Å². The molecule has 0 atom stereocenters. The zero-order valence-electron chi connectivity index (χ0n) is 12.0. The van der Waals surface area contributed by atoms with Crippen molar-refractivity contribution in [1.29, 1.82) is 0 Å². The number of para-hydroxylation sites is 1. The first kappa shape index (κ1) is 14.4. The van der Waals surface area contributed by atoms with Gasteiger partial charge in [-0.25, -0.2) is 4.98 Å². The SMILES string of the molecule is CCCCCCn1c(CCCl)nc2c(C)cccc21. The van der Waals surface area contributed by atoms with Crippen molar-refractivity contribution in [2.45, 2.75) is 52.5 Å². The first-order chi connectivity index (χ1) is 9.27. The Kier molecular flexibility index (Phi) is 5.26. The molecule has 3 heteroatoms. The predicted octanol–water partition coefficient (Wildman–Crippen LogP) is 4.71. The van der Waals surface area contributed by atoms with Crippen LogP contribution in [0.3, 0.4) is 0 Å². The van der Waals surface area contributed by atoms with Gasteiger partial charge in [-0.05, 0) is 25.0 Å². The Morgan fingerprint density at radius 3 is 2.79 bits per heavy atom. The molecule has 0 radical (unpaired) electrons. The van der Waals surface area contributed by atoms with E-state index in [0.29, 0.717) is 5.88 Å². The topological polar surface area (TPSA) is 17.8 Å². The van der Waals surface area contributed by atoms with Gasteiger partial charge < -0.3 is 4.57 Å². The monoisotopic (exact) mass is 278 g/mol. The molecule has 2 nitrogen and oxygen atoms in total. The summed E-state index contributed by atoms with van der Waals surface area (Å²) in [5.74, 6) is 1.77. The highest BCUT2D eigenvalue weighted by Crippen LogP contribution is 2.21. The van der Waals surface area contributed by atoms with Gasteiger partial charge in [-0.2, -0.15) is 0 Å². The van der Waals surface area contributed by atoms with Gasteiger partial charge in [0.2, 0.25) is 0 Å². The van der Waals surface area contributed by atoms with Crippen molar-refractivity contribution in [3.63, 3.8) is 0 Å². The second-order valence-electron chi connectivity index (χ2n) is 5.12. The van der Waals surface area contributed by atoms with Crippen molar-refractivity contribution in [2.75, 3.05) is 5.88 Å². The average molecular weight is 279 g/mol. The van der Waals surface area contributed by atoms with Gasteiger partial charge in [0.15, 0.2) is 0 Å². The third kappa shape index (κ3) is 3.30. The van der Waals surface area contributed by atoms with Gasteiger partial charge in [0.1, 0.15) is 5.82 Å². The molecule has 2 aromatic rings. The highest BCUT2D eigenvalue weighted by atomic mass is 35.5. The Morgan fingerprint density at radius 1 is 1.21 bits per heavy atom. The Morgan fingerprint density at radius 2 is 2.05 bits per heavy atom. The molecule has 0 unspecified atom stereocenters. The maximum absolute atomic E-state index is 5.91. The molecule has 1 aromatic heterocycles. The van der Waals surface area contributed by atoms with Gasteiger partial charge in [-0.1, -0.05) is 38.3 Å². The van der Waals surface area contributed by atoms with E-state index in [1.807, 2.05) is 0 Å². The molecule has 1 aromatic carbocycles. The molecule has 0 saturated carbocycles. The van der Waals surface area contributed by atoms with Crippen molar-refractivity contribution in [3.05, 3.63) is 29.6 Å². The van der Waals surface area contributed by atoms with Crippen LogP contribution in [0.25, 0.3) is 11.0 Å². The van der Waals surface area contributed by atoms with Crippen LogP contribution in [-0.4, -0.2) is 15.4 Å². The number of nitrogens with zero attached hydrogens (tertiary/aromatic N) is 2. The van der Waals surface area contributed by atoms with Crippen LogP contribution in [0.5, 0.6) is 0 Å². The van der Waals surface area contributed by atoms with E-state index in [-0.39, 0.29) is 0 Å². The fraction of sp³-hybridized carbons (Fsp3) is 0.562. The van der Waals surface area contributed by atoms with Crippen LogP contribution < -0.4 is 0 Å².